The Kier molecular flexibility index (Phi) is 8.89. The minimum Gasteiger partial charge on any atom is -0.383 e. The Labute approximate surface area is 127 Å². The second-order valence-corrected chi connectivity index (χ2v) is 5.00. The van der Waals surface area contributed by atoms with Crippen LogP contribution in [0.3, 0.4) is 0 Å². The zero-order valence-corrected chi connectivity index (χ0v) is 13.6. The highest BCUT2D eigenvalue weighted by atomic mass is 16.5. The van der Waals surface area contributed by atoms with E-state index < -0.39 is 0 Å². The van der Waals surface area contributed by atoms with Crippen LogP contribution in [0.15, 0.2) is 12.4 Å². The molecule has 1 atom stereocenters. The highest BCUT2D eigenvalue weighted by molar-refractivity contribution is 5.31. The lowest BCUT2D eigenvalue weighted by molar-refractivity contribution is 0.199. The maximum atomic E-state index is 5.17. The first-order chi connectivity index (χ1) is 10.2. The van der Waals surface area contributed by atoms with Gasteiger partial charge in [-0.15, -0.1) is 0 Å². The predicted octanol–water partition coefficient (Wildman–Crippen LogP) is 1.46. The van der Waals surface area contributed by atoms with E-state index in [2.05, 4.69) is 34.0 Å². The molecule has 0 bridgehead atoms. The third-order valence-electron chi connectivity index (χ3n) is 3.42. The topological polar surface area (TPSA) is 59.5 Å². The zero-order chi connectivity index (χ0) is 15.5. The molecular formula is C15H28N4O2. The molecule has 0 aliphatic carbocycles. The van der Waals surface area contributed by atoms with Crippen molar-refractivity contribution in [3.05, 3.63) is 18.0 Å². The summed E-state index contributed by atoms with van der Waals surface area (Å²) in [5, 5.41) is 3.28. The van der Waals surface area contributed by atoms with Gasteiger partial charge < -0.3 is 19.7 Å². The average Bonchev–Trinajstić information content (AvgIpc) is 2.53. The van der Waals surface area contributed by atoms with E-state index in [9.17, 15) is 0 Å². The van der Waals surface area contributed by atoms with Gasteiger partial charge >= 0.3 is 0 Å². The monoisotopic (exact) mass is 296 g/mol. The second-order valence-electron chi connectivity index (χ2n) is 5.00. The molecule has 1 heterocycles. The molecule has 6 nitrogen and oxygen atoms in total. The van der Waals surface area contributed by atoms with Crippen molar-refractivity contribution in [3.8, 4) is 0 Å². The van der Waals surface area contributed by atoms with Crippen LogP contribution in [0.2, 0.25) is 0 Å². The number of methoxy groups -OCH3 is 2. The van der Waals surface area contributed by atoms with Gasteiger partial charge in [0.15, 0.2) is 0 Å². The number of hydrogen-bond acceptors (Lipinski definition) is 6. The lowest BCUT2D eigenvalue weighted by Crippen LogP contribution is -2.36. The molecule has 0 amide bonds. The van der Waals surface area contributed by atoms with Gasteiger partial charge in [0.05, 0.1) is 13.2 Å². The number of nitrogens with one attached hydrogen (secondary N) is 1. The quantitative estimate of drug-likeness (QED) is 0.624. The van der Waals surface area contributed by atoms with Crippen molar-refractivity contribution in [2.45, 2.75) is 32.9 Å². The van der Waals surface area contributed by atoms with Gasteiger partial charge in [0.25, 0.3) is 0 Å². The molecule has 1 aromatic heterocycles. The fourth-order valence-electron chi connectivity index (χ4n) is 1.92. The highest BCUT2D eigenvalue weighted by Crippen LogP contribution is 2.13. The Morgan fingerprint density at radius 1 is 1.19 bits per heavy atom. The third-order valence-corrected chi connectivity index (χ3v) is 3.42. The number of rotatable bonds is 11. The SMILES string of the molecule is CCC(C)N(CCOC)c1ncc(CNCCOC)cn1. The minimum atomic E-state index is 0.394. The Bertz CT molecular complexity index is 372. The fourth-order valence-corrected chi connectivity index (χ4v) is 1.92. The molecule has 0 spiro atoms. The molecule has 0 saturated carbocycles. The van der Waals surface area contributed by atoms with Gasteiger partial charge in [-0.1, -0.05) is 6.92 Å². The Hall–Kier alpha value is -1.24. The number of ether oxygens (including phenoxy) is 2. The van der Waals surface area contributed by atoms with E-state index in [1.54, 1.807) is 14.2 Å². The van der Waals surface area contributed by atoms with E-state index in [4.69, 9.17) is 9.47 Å². The van der Waals surface area contributed by atoms with Gasteiger partial charge in [0.1, 0.15) is 0 Å². The molecular weight excluding hydrogens is 268 g/mol. The summed E-state index contributed by atoms with van der Waals surface area (Å²) >= 11 is 0. The zero-order valence-electron chi connectivity index (χ0n) is 13.6. The van der Waals surface area contributed by atoms with Crippen molar-refractivity contribution in [3.63, 3.8) is 0 Å². The molecule has 0 aromatic carbocycles. The number of anilines is 1. The standard InChI is InChI=1S/C15H28N4O2/c1-5-13(2)19(7-9-21-4)15-17-11-14(12-18-15)10-16-6-8-20-3/h11-13,16H,5-10H2,1-4H3. The van der Waals surface area contributed by atoms with Crippen molar-refractivity contribution in [1.82, 2.24) is 15.3 Å². The molecule has 1 N–H and O–H groups in total. The summed E-state index contributed by atoms with van der Waals surface area (Å²) in [6, 6.07) is 0.394. The molecule has 0 radical (unpaired) electrons. The number of aromatic nitrogens is 2. The van der Waals surface area contributed by atoms with Crippen LogP contribution in [0.5, 0.6) is 0 Å². The van der Waals surface area contributed by atoms with Crippen LogP contribution in [0.25, 0.3) is 0 Å². The van der Waals surface area contributed by atoms with E-state index in [1.165, 1.54) is 0 Å². The molecule has 1 unspecified atom stereocenters. The lowest BCUT2D eigenvalue weighted by Gasteiger charge is -2.28. The number of hydrogen-bond donors (Lipinski definition) is 1. The van der Waals surface area contributed by atoms with Crippen LogP contribution in [0.1, 0.15) is 25.8 Å². The Morgan fingerprint density at radius 3 is 2.43 bits per heavy atom. The summed E-state index contributed by atoms with van der Waals surface area (Å²) in [6.07, 6.45) is 4.81. The Morgan fingerprint density at radius 2 is 1.86 bits per heavy atom. The van der Waals surface area contributed by atoms with Gasteiger partial charge in [0, 0.05) is 57.9 Å². The van der Waals surface area contributed by atoms with E-state index in [1.807, 2.05) is 12.4 Å². The van der Waals surface area contributed by atoms with Crippen molar-refractivity contribution in [2.24, 2.45) is 0 Å². The van der Waals surface area contributed by atoms with E-state index >= 15 is 0 Å². The summed E-state index contributed by atoms with van der Waals surface area (Å²) in [4.78, 5) is 11.2. The van der Waals surface area contributed by atoms with Crippen LogP contribution in [-0.4, -0.2) is 56.5 Å². The highest BCUT2D eigenvalue weighted by Gasteiger charge is 2.15. The first-order valence-electron chi connectivity index (χ1n) is 7.49. The second kappa shape index (κ2) is 10.5. The molecule has 0 aliphatic heterocycles. The minimum absolute atomic E-state index is 0.394. The fraction of sp³-hybridized carbons (Fsp3) is 0.733. The molecule has 6 heteroatoms. The molecule has 21 heavy (non-hydrogen) atoms. The molecule has 120 valence electrons. The van der Waals surface area contributed by atoms with Crippen LogP contribution >= 0.6 is 0 Å². The number of nitrogens with zero attached hydrogens (tertiary/aromatic N) is 3. The van der Waals surface area contributed by atoms with Crippen LogP contribution < -0.4 is 10.2 Å². The van der Waals surface area contributed by atoms with Crippen molar-refractivity contribution < 1.29 is 9.47 Å². The Balaban J connectivity index is 2.59. The van der Waals surface area contributed by atoms with E-state index in [0.717, 1.165) is 37.6 Å². The van der Waals surface area contributed by atoms with Crippen molar-refractivity contribution in [1.29, 1.82) is 0 Å². The summed E-state index contributed by atoms with van der Waals surface area (Å²) < 4.78 is 10.2. The lowest BCUT2D eigenvalue weighted by atomic mass is 10.2. The molecule has 1 aromatic rings. The average molecular weight is 296 g/mol. The molecule has 1 rings (SSSR count). The van der Waals surface area contributed by atoms with E-state index in [0.29, 0.717) is 19.3 Å². The summed E-state index contributed by atoms with van der Waals surface area (Å²) in [5.74, 6) is 0.766. The van der Waals surface area contributed by atoms with Gasteiger partial charge in [-0.25, -0.2) is 9.97 Å². The van der Waals surface area contributed by atoms with Crippen LogP contribution in [-0.2, 0) is 16.0 Å². The van der Waals surface area contributed by atoms with Crippen LogP contribution in [0.4, 0.5) is 5.95 Å². The molecule has 0 saturated heterocycles. The summed E-state index contributed by atoms with van der Waals surface area (Å²) in [7, 11) is 3.41. The third kappa shape index (κ3) is 6.37. The van der Waals surface area contributed by atoms with Gasteiger partial charge in [-0.05, 0) is 13.3 Å². The molecule has 0 fully saturated rings. The largest absolute Gasteiger partial charge is 0.383 e. The van der Waals surface area contributed by atoms with Crippen molar-refractivity contribution >= 4 is 5.95 Å². The predicted molar refractivity (Wildman–Crippen MR) is 84.6 cm³/mol. The smallest absolute Gasteiger partial charge is 0.225 e. The maximum absolute atomic E-state index is 5.17. The summed E-state index contributed by atoms with van der Waals surface area (Å²) in [5.41, 5.74) is 1.07. The van der Waals surface area contributed by atoms with E-state index in [-0.39, 0.29) is 0 Å². The van der Waals surface area contributed by atoms with Gasteiger partial charge in [-0.2, -0.15) is 0 Å². The summed E-state index contributed by atoms with van der Waals surface area (Å²) in [6.45, 7) is 8.11. The maximum Gasteiger partial charge on any atom is 0.225 e. The van der Waals surface area contributed by atoms with Gasteiger partial charge in [-0.3, -0.25) is 0 Å². The first-order valence-corrected chi connectivity index (χ1v) is 7.49. The normalized spacial score (nSPS) is 12.4. The van der Waals surface area contributed by atoms with Crippen LogP contribution in [0, 0.1) is 0 Å². The van der Waals surface area contributed by atoms with Gasteiger partial charge in [0.2, 0.25) is 5.95 Å². The molecule has 0 aliphatic rings. The van der Waals surface area contributed by atoms with Crippen molar-refractivity contribution in [2.75, 3.05) is 45.4 Å². The first kappa shape index (κ1) is 17.8.